The Morgan fingerprint density at radius 2 is 2.15 bits per heavy atom. The first kappa shape index (κ1) is 10.9. The van der Waals surface area contributed by atoms with Gasteiger partial charge in [0.1, 0.15) is 6.10 Å². The Morgan fingerprint density at radius 1 is 1.46 bits per heavy atom. The van der Waals surface area contributed by atoms with E-state index in [1.54, 1.807) is 6.92 Å². The number of ether oxygens (including phenoxy) is 2. The van der Waals surface area contributed by atoms with Crippen LogP contribution in [0.3, 0.4) is 0 Å². The van der Waals surface area contributed by atoms with E-state index in [2.05, 4.69) is 0 Å². The normalized spacial score (nSPS) is 40.6. The fourth-order valence-corrected chi connectivity index (χ4v) is 1.34. The molecule has 4 atom stereocenters. The summed E-state index contributed by atoms with van der Waals surface area (Å²) in [6, 6.07) is 0. The summed E-state index contributed by atoms with van der Waals surface area (Å²) in [4.78, 5) is 0. The molecule has 1 fully saturated rings. The van der Waals surface area contributed by atoms with Crippen LogP contribution in [0.25, 0.3) is 0 Å². The van der Waals surface area contributed by atoms with E-state index in [0.29, 0.717) is 6.61 Å². The Kier molecular flexibility index (Phi) is 4.08. The minimum Gasteiger partial charge on any atom is -0.394 e. The van der Waals surface area contributed by atoms with Crippen molar-refractivity contribution in [2.75, 3.05) is 13.2 Å². The Bertz CT molecular complexity index is 151. The highest BCUT2D eigenvalue weighted by atomic mass is 16.7. The van der Waals surface area contributed by atoms with Crippen molar-refractivity contribution in [3.8, 4) is 0 Å². The first-order chi connectivity index (χ1) is 6.19. The van der Waals surface area contributed by atoms with Gasteiger partial charge in [0.15, 0.2) is 6.29 Å². The standard InChI is InChI=1S/C8H16O5/c1-2-12-8-7(11)6(10)3-5(4-9)13-8/h5-11H,2-4H2,1H3. The minimum absolute atomic E-state index is 0.173. The second-order valence-electron chi connectivity index (χ2n) is 3.06. The molecule has 1 heterocycles. The van der Waals surface area contributed by atoms with Crippen LogP contribution in [-0.2, 0) is 9.47 Å². The van der Waals surface area contributed by atoms with Crippen molar-refractivity contribution in [2.45, 2.75) is 37.9 Å². The summed E-state index contributed by atoms with van der Waals surface area (Å²) in [7, 11) is 0. The Labute approximate surface area is 76.9 Å². The van der Waals surface area contributed by atoms with Gasteiger partial charge < -0.3 is 24.8 Å². The quantitative estimate of drug-likeness (QED) is 0.526. The fourth-order valence-electron chi connectivity index (χ4n) is 1.34. The lowest BCUT2D eigenvalue weighted by molar-refractivity contribution is -0.269. The molecule has 0 amide bonds. The molecule has 5 heteroatoms. The van der Waals surface area contributed by atoms with Gasteiger partial charge in [-0.25, -0.2) is 0 Å². The summed E-state index contributed by atoms with van der Waals surface area (Å²) < 4.78 is 10.2. The van der Waals surface area contributed by atoms with Gasteiger partial charge in [-0.15, -0.1) is 0 Å². The zero-order chi connectivity index (χ0) is 9.84. The largest absolute Gasteiger partial charge is 0.394 e. The predicted octanol–water partition coefficient (Wildman–Crippen LogP) is -1.15. The lowest BCUT2D eigenvalue weighted by Gasteiger charge is -2.35. The van der Waals surface area contributed by atoms with E-state index in [-0.39, 0.29) is 13.0 Å². The van der Waals surface area contributed by atoms with Crippen LogP contribution in [0.1, 0.15) is 13.3 Å². The van der Waals surface area contributed by atoms with E-state index >= 15 is 0 Å². The summed E-state index contributed by atoms with van der Waals surface area (Å²) in [6.45, 7) is 1.99. The molecule has 0 aromatic carbocycles. The molecule has 5 nitrogen and oxygen atoms in total. The minimum atomic E-state index is -1.03. The van der Waals surface area contributed by atoms with Gasteiger partial charge in [-0.1, -0.05) is 0 Å². The molecule has 4 unspecified atom stereocenters. The van der Waals surface area contributed by atoms with E-state index in [1.165, 1.54) is 0 Å². The molecular formula is C8H16O5. The van der Waals surface area contributed by atoms with Crippen LogP contribution in [-0.4, -0.2) is 53.1 Å². The van der Waals surface area contributed by atoms with Crippen LogP contribution in [0.2, 0.25) is 0 Å². The number of rotatable bonds is 3. The van der Waals surface area contributed by atoms with Crippen LogP contribution in [0, 0.1) is 0 Å². The molecule has 3 N–H and O–H groups in total. The number of aliphatic hydroxyl groups excluding tert-OH is 3. The molecule has 1 saturated heterocycles. The highest BCUT2D eigenvalue weighted by molar-refractivity contribution is 4.80. The number of hydrogen-bond donors (Lipinski definition) is 3. The Balaban J connectivity index is 2.50. The van der Waals surface area contributed by atoms with Gasteiger partial charge in [0.05, 0.1) is 18.8 Å². The van der Waals surface area contributed by atoms with E-state index in [4.69, 9.17) is 14.6 Å². The monoisotopic (exact) mass is 192 g/mol. The van der Waals surface area contributed by atoms with Crippen molar-refractivity contribution in [3.05, 3.63) is 0 Å². The van der Waals surface area contributed by atoms with Crippen molar-refractivity contribution in [2.24, 2.45) is 0 Å². The summed E-state index contributed by atoms with van der Waals surface area (Å²) in [5, 5.41) is 27.6. The molecule has 1 aliphatic heterocycles. The van der Waals surface area contributed by atoms with Crippen LogP contribution < -0.4 is 0 Å². The third kappa shape index (κ3) is 2.62. The van der Waals surface area contributed by atoms with Crippen molar-refractivity contribution in [1.29, 1.82) is 0 Å². The van der Waals surface area contributed by atoms with Crippen molar-refractivity contribution < 1.29 is 24.8 Å². The molecule has 0 aromatic heterocycles. The van der Waals surface area contributed by atoms with Gasteiger partial charge in [0.2, 0.25) is 0 Å². The van der Waals surface area contributed by atoms with Crippen LogP contribution in [0.15, 0.2) is 0 Å². The molecule has 0 aromatic rings. The second-order valence-corrected chi connectivity index (χ2v) is 3.06. The molecule has 0 aliphatic carbocycles. The second kappa shape index (κ2) is 4.88. The summed E-state index contributed by atoms with van der Waals surface area (Å²) in [6.07, 6.45) is -2.95. The maximum absolute atomic E-state index is 9.40. The average molecular weight is 192 g/mol. The number of hydrogen-bond acceptors (Lipinski definition) is 5. The van der Waals surface area contributed by atoms with Crippen molar-refractivity contribution in [1.82, 2.24) is 0 Å². The molecule has 0 bridgehead atoms. The topological polar surface area (TPSA) is 79.2 Å². The summed E-state index contributed by atoms with van der Waals surface area (Å²) >= 11 is 0. The summed E-state index contributed by atoms with van der Waals surface area (Å²) in [5.74, 6) is 0. The Morgan fingerprint density at radius 3 is 2.69 bits per heavy atom. The maximum atomic E-state index is 9.40. The fraction of sp³-hybridized carbons (Fsp3) is 1.00. The third-order valence-corrected chi connectivity index (χ3v) is 2.04. The predicted molar refractivity (Wildman–Crippen MR) is 44.0 cm³/mol. The first-order valence-corrected chi connectivity index (χ1v) is 4.43. The molecule has 1 aliphatic rings. The highest BCUT2D eigenvalue weighted by Gasteiger charge is 2.36. The molecule has 0 saturated carbocycles. The van der Waals surface area contributed by atoms with Crippen LogP contribution in [0.5, 0.6) is 0 Å². The van der Waals surface area contributed by atoms with Gasteiger partial charge in [0, 0.05) is 13.0 Å². The van der Waals surface area contributed by atoms with Crippen molar-refractivity contribution >= 4 is 0 Å². The van der Waals surface area contributed by atoms with Crippen molar-refractivity contribution in [3.63, 3.8) is 0 Å². The maximum Gasteiger partial charge on any atom is 0.186 e. The first-order valence-electron chi connectivity index (χ1n) is 4.43. The lowest BCUT2D eigenvalue weighted by atomic mass is 10.0. The van der Waals surface area contributed by atoms with Crippen LogP contribution in [0.4, 0.5) is 0 Å². The van der Waals surface area contributed by atoms with E-state index < -0.39 is 24.6 Å². The average Bonchev–Trinajstić information content (AvgIpc) is 2.13. The Hall–Kier alpha value is -0.200. The molecular weight excluding hydrogens is 176 g/mol. The molecule has 0 spiro atoms. The van der Waals surface area contributed by atoms with E-state index in [9.17, 15) is 10.2 Å². The van der Waals surface area contributed by atoms with Gasteiger partial charge in [-0.3, -0.25) is 0 Å². The molecule has 78 valence electrons. The lowest BCUT2D eigenvalue weighted by Crippen LogP contribution is -2.50. The smallest absolute Gasteiger partial charge is 0.186 e. The SMILES string of the molecule is CCOC1OC(CO)CC(O)C1O. The molecule has 13 heavy (non-hydrogen) atoms. The zero-order valence-corrected chi connectivity index (χ0v) is 7.59. The molecule has 0 radical (unpaired) electrons. The van der Waals surface area contributed by atoms with Gasteiger partial charge in [0.25, 0.3) is 0 Å². The highest BCUT2D eigenvalue weighted by Crippen LogP contribution is 2.20. The molecule has 1 rings (SSSR count). The van der Waals surface area contributed by atoms with E-state index in [0.717, 1.165) is 0 Å². The van der Waals surface area contributed by atoms with Crippen LogP contribution >= 0.6 is 0 Å². The zero-order valence-electron chi connectivity index (χ0n) is 7.59. The van der Waals surface area contributed by atoms with E-state index in [1.807, 2.05) is 0 Å². The van der Waals surface area contributed by atoms with Gasteiger partial charge in [-0.05, 0) is 6.92 Å². The van der Waals surface area contributed by atoms with Gasteiger partial charge in [-0.2, -0.15) is 0 Å². The van der Waals surface area contributed by atoms with Gasteiger partial charge >= 0.3 is 0 Å². The summed E-state index contributed by atoms with van der Waals surface area (Å²) in [5.41, 5.74) is 0. The number of aliphatic hydroxyl groups is 3. The third-order valence-electron chi connectivity index (χ3n) is 2.04.